The van der Waals surface area contributed by atoms with Crippen molar-refractivity contribution in [3.8, 4) is 0 Å². The van der Waals surface area contributed by atoms with Crippen molar-refractivity contribution in [1.29, 1.82) is 0 Å². The smallest absolute Gasteiger partial charge is 0.327 e. The van der Waals surface area contributed by atoms with Gasteiger partial charge in [0.25, 0.3) is 0 Å². The lowest BCUT2D eigenvalue weighted by molar-refractivity contribution is -0.140. The molecule has 0 aliphatic rings. The summed E-state index contributed by atoms with van der Waals surface area (Å²) in [4.78, 5) is 35.3. The molecule has 0 rings (SSSR count). The maximum atomic E-state index is 12.1. The lowest BCUT2D eigenvalue weighted by atomic mass is 10.3. The molecule has 9 heteroatoms. The number of carboxylic acids is 1. The van der Waals surface area contributed by atoms with E-state index in [9.17, 15) is 22.8 Å². The van der Waals surface area contributed by atoms with Crippen LogP contribution in [0.5, 0.6) is 0 Å². The summed E-state index contributed by atoms with van der Waals surface area (Å²) in [6.45, 7) is 6.48. The number of aliphatic carboxylic acids is 1. The van der Waals surface area contributed by atoms with E-state index < -0.39 is 44.7 Å². The number of amides is 2. The Balaban J connectivity index is 5.14. The van der Waals surface area contributed by atoms with Gasteiger partial charge in [-0.25, -0.2) is 13.2 Å². The second-order valence-electron chi connectivity index (χ2n) is 4.57. The summed E-state index contributed by atoms with van der Waals surface area (Å²) in [7, 11) is -4.00. The summed E-state index contributed by atoms with van der Waals surface area (Å²) in [6, 6.07) is -1.57. The summed E-state index contributed by atoms with van der Waals surface area (Å²) < 4.78 is 24.3. The normalized spacial score (nSPS) is 14.1. The lowest BCUT2D eigenvalue weighted by Crippen LogP contribution is -2.49. The topological polar surface area (TPSA) is 121 Å². The molecule has 0 radical (unpaired) electrons. The molecule has 0 aromatic heterocycles. The fourth-order valence-corrected chi connectivity index (χ4v) is 3.18. The van der Waals surface area contributed by atoms with E-state index in [2.05, 4.69) is 0 Å². The van der Waals surface area contributed by atoms with Gasteiger partial charge in [0.15, 0.2) is 9.84 Å². The molecule has 0 saturated heterocycles. The second kappa shape index (κ2) is 7.96. The molecule has 21 heavy (non-hydrogen) atoms. The van der Waals surface area contributed by atoms with Crippen LogP contribution >= 0.6 is 0 Å². The third-order valence-corrected chi connectivity index (χ3v) is 5.11. The number of hydrogen-bond acceptors (Lipinski definition) is 5. The van der Waals surface area contributed by atoms with Crippen molar-refractivity contribution in [3.63, 3.8) is 0 Å². The summed E-state index contributed by atoms with van der Waals surface area (Å²) in [6.07, 6.45) is 0. The van der Waals surface area contributed by atoms with Crippen LogP contribution in [0.1, 0.15) is 27.7 Å². The first kappa shape index (κ1) is 19.4. The van der Waals surface area contributed by atoms with Crippen molar-refractivity contribution in [2.24, 2.45) is 0 Å². The summed E-state index contributed by atoms with van der Waals surface area (Å²) in [5.41, 5.74) is 0. The Morgan fingerprint density at radius 2 is 1.67 bits per heavy atom. The van der Waals surface area contributed by atoms with Gasteiger partial charge in [-0.15, -0.1) is 0 Å². The van der Waals surface area contributed by atoms with Crippen molar-refractivity contribution in [1.82, 2.24) is 10.2 Å². The van der Waals surface area contributed by atoms with Gasteiger partial charge in [0.1, 0.15) is 11.3 Å². The maximum absolute atomic E-state index is 12.1. The van der Waals surface area contributed by atoms with Crippen LogP contribution in [0.4, 0.5) is 0 Å². The Bertz CT molecular complexity index is 498. The minimum atomic E-state index is -4.00. The van der Waals surface area contributed by atoms with Gasteiger partial charge < -0.3 is 15.3 Å². The van der Waals surface area contributed by atoms with Crippen LogP contribution in [0.2, 0.25) is 0 Å². The van der Waals surface area contributed by atoms with Gasteiger partial charge in [0.05, 0.1) is 5.75 Å². The first-order valence-electron chi connectivity index (χ1n) is 6.57. The van der Waals surface area contributed by atoms with Crippen LogP contribution in [0.25, 0.3) is 0 Å². The number of sulfone groups is 1. The van der Waals surface area contributed by atoms with Crippen molar-refractivity contribution >= 4 is 27.6 Å². The third kappa shape index (κ3) is 5.70. The number of nitrogens with zero attached hydrogens (tertiary/aromatic N) is 1. The Hall–Kier alpha value is -1.64. The van der Waals surface area contributed by atoms with Crippen molar-refractivity contribution in [2.75, 3.05) is 18.8 Å². The number of carboxylic acid groups (broad SMARTS) is 1. The highest BCUT2D eigenvalue weighted by molar-refractivity contribution is 7.92. The molecule has 0 aliphatic carbocycles. The molecule has 0 aliphatic heterocycles. The van der Waals surface area contributed by atoms with Crippen LogP contribution < -0.4 is 5.32 Å². The molecule has 8 nitrogen and oxygen atoms in total. The predicted octanol–water partition coefficient (Wildman–Crippen LogP) is -0.753. The van der Waals surface area contributed by atoms with Gasteiger partial charge in [-0.1, -0.05) is 0 Å². The zero-order valence-electron chi connectivity index (χ0n) is 12.6. The fourth-order valence-electron chi connectivity index (χ4n) is 1.74. The van der Waals surface area contributed by atoms with E-state index in [0.29, 0.717) is 13.1 Å². The summed E-state index contributed by atoms with van der Waals surface area (Å²) >= 11 is 0. The Labute approximate surface area is 124 Å². The molecule has 2 amide bonds. The van der Waals surface area contributed by atoms with Gasteiger partial charge in [-0.2, -0.15) is 0 Å². The van der Waals surface area contributed by atoms with Crippen LogP contribution in [-0.2, 0) is 24.2 Å². The Kier molecular flexibility index (Phi) is 7.34. The maximum Gasteiger partial charge on any atom is 0.327 e. The second-order valence-corrected chi connectivity index (χ2v) is 6.94. The summed E-state index contributed by atoms with van der Waals surface area (Å²) in [5, 5.41) is 9.62. The molecule has 0 spiro atoms. The van der Waals surface area contributed by atoms with Crippen molar-refractivity contribution < 1.29 is 27.9 Å². The van der Waals surface area contributed by atoms with Gasteiger partial charge in [0, 0.05) is 20.0 Å². The molecule has 0 fully saturated rings. The quantitative estimate of drug-likeness (QED) is 0.606. The van der Waals surface area contributed by atoms with E-state index in [1.165, 1.54) is 11.8 Å². The van der Waals surface area contributed by atoms with Crippen molar-refractivity contribution in [2.45, 2.75) is 39.0 Å². The van der Waals surface area contributed by atoms with E-state index in [1.54, 1.807) is 13.8 Å². The minimum Gasteiger partial charge on any atom is -0.480 e. The Morgan fingerprint density at radius 1 is 1.19 bits per heavy atom. The monoisotopic (exact) mass is 322 g/mol. The Morgan fingerprint density at radius 3 is 2.00 bits per heavy atom. The number of hydrogen-bond donors (Lipinski definition) is 2. The van der Waals surface area contributed by atoms with Crippen LogP contribution in [0.15, 0.2) is 0 Å². The molecule has 2 atom stereocenters. The highest BCUT2D eigenvalue weighted by Gasteiger charge is 2.35. The third-order valence-electron chi connectivity index (χ3n) is 3.04. The van der Waals surface area contributed by atoms with Crippen LogP contribution in [-0.4, -0.2) is 66.3 Å². The van der Waals surface area contributed by atoms with Crippen LogP contribution in [0, 0.1) is 0 Å². The molecular formula is C12H22N2O6S. The molecule has 122 valence electrons. The molecule has 0 saturated carbocycles. The zero-order chi connectivity index (χ0) is 16.8. The standard InChI is InChI=1S/C12H22N2O6S/c1-5-14(6-2)11(16)8(3)21(19,20)7-10(12(17)18)13-9(4)15/h8,10H,5-7H2,1-4H3,(H,13,15)(H,17,18). The number of carbonyl (C=O) groups excluding carboxylic acids is 2. The minimum absolute atomic E-state index is 0.364. The van der Waals surface area contributed by atoms with Gasteiger partial charge >= 0.3 is 5.97 Å². The van der Waals surface area contributed by atoms with E-state index in [1.807, 2.05) is 5.32 Å². The average molecular weight is 322 g/mol. The number of nitrogens with one attached hydrogen (secondary N) is 1. The van der Waals surface area contributed by atoms with Crippen molar-refractivity contribution in [3.05, 3.63) is 0 Å². The molecule has 0 aromatic carbocycles. The molecule has 2 unspecified atom stereocenters. The van der Waals surface area contributed by atoms with Crippen LogP contribution in [0.3, 0.4) is 0 Å². The number of carbonyl (C=O) groups is 3. The van der Waals surface area contributed by atoms with E-state index >= 15 is 0 Å². The SMILES string of the molecule is CCN(CC)C(=O)C(C)S(=O)(=O)CC(NC(C)=O)C(=O)O. The summed E-state index contributed by atoms with van der Waals surface area (Å²) in [5.74, 6) is -3.51. The van der Waals surface area contributed by atoms with Gasteiger partial charge in [0.2, 0.25) is 11.8 Å². The lowest BCUT2D eigenvalue weighted by Gasteiger charge is -2.23. The first-order chi connectivity index (χ1) is 9.56. The molecular weight excluding hydrogens is 300 g/mol. The molecule has 0 bridgehead atoms. The molecule has 2 N–H and O–H groups in total. The first-order valence-corrected chi connectivity index (χ1v) is 8.28. The van der Waals surface area contributed by atoms with E-state index in [-0.39, 0.29) is 0 Å². The highest BCUT2D eigenvalue weighted by Crippen LogP contribution is 2.09. The average Bonchev–Trinajstić information content (AvgIpc) is 2.37. The molecule has 0 heterocycles. The largest absolute Gasteiger partial charge is 0.480 e. The zero-order valence-corrected chi connectivity index (χ0v) is 13.4. The van der Waals surface area contributed by atoms with E-state index in [0.717, 1.165) is 6.92 Å². The highest BCUT2D eigenvalue weighted by atomic mass is 32.2. The molecule has 0 aromatic rings. The van der Waals surface area contributed by atoms with E-state index in [4.69, 9.17) is 5.11 Å². The van der Waals surface area contributed by atoms with Gasteiger partial charge in [-0.3, -0.25) is 9.59 Å². The number of rotatable bonds is 8. The fraction of sp³-hybridized carbons (Fsp3) is 0.750. The van der Waals surface area contributed by atoms with Gasteiger partial charge in [-0.05, 0) is 20.8 Å². The predicted molar refractivity (Wildman–Crippen MR) is 76.4 cm³/mol.